The lowest BCUT2D eigenvalue weighted by molar-refractivity contribution is 0.0620. The van der Waals surface area contributed by atoms with Crippen molar-refractivity contribution in [3.05, 3.63) is 28.0 Å². The maximum absolute atomic E-state index is 12.3. The van der Waals surface area contributed by atoms with Gasteiger partial charge in [0, 0.05) is 18.8 Å². The zero-order chi connectivity index (χ0) is 13.4. The van der Waals surface area contributed by atoms with E-state index in [1.54, 1.807) is 0 Å². The highest BCUT2D eigenvalue weighted by molar-refractivity contribution is 6.35. The Hall–Kier alpha value is -0.840. The van der Waals surface area contributed by atoms with Crippen molar-refractivity contribution in [1.29, 1.82) is 0 Å². The topological polar surface area (TPSA) is 45.2 Å². The number of carbonyl (C=O) groups excluding carboxylic acids is 1. The first-order valence-electron chi connectivity index (χ1n) is 6.48. The van der Waals surface area contributed by atoms with E-state index in [-0.39, 0.29) is 17.1 Å². The molecule has 6 heteroatoms. The summed E-state index contributed by atoms with van der Waals surface area (Å²) in [4.78, 5) is 18.5. The summed E-state index contributed by atoms with van der Waals surface area (Å²) < 4.78 is 0. The molecule has 4 rings (SSSR count). The van der Waals surface area contributed by atoms with Crippen molar-refractivity contribution in [2.75, 3.05) is 19.6 Å². The zero-order valence-electron chi connectivity index (χ0n) is 10.4. The van der Waals surface area contributed by atoms with Gasteiger partial charge in [0.05, 0.1) is 10.6 Å². The van der Waals surface area contributed by atoms with E-state index in [0.29, 0.717) is 16.5 Å². The maximum atomic E-state index is 12.3. The van der Waals surface area contributed by atoms with E-state index in [1.165, 1.54) is 12.3 Å². The molecule has 3 aliphatic rings. The number of rotatable bonds is 2. The first-order valence-corrected chi connectivity index (χ1v) is 7.23. The van der Waals surface area contributed by atoms with Crippen molar-refractivity contribution < 1.29 is 4.79 Å². The average Bonchev–Trinajstić information content (AvgIpc) is 2.43. The Morgan fingerprint density at radius 1 is 1.37 bits per heavy atom. The van der Waals surface area contributed by atoms with E-state index in [0.717, 1.165) is 32.5 Å². The number of nitrogens with zero attached hydrogens (tertiary/aromatic N) is 2. The van der Waals surface area contributed by atoms with Gasteiger partial charge in [-0.2, -0.15) is 0 Å². The fraction of sp³-hybridized carbons (Fsp3) is 0.538. The predicted molar refractivity (Wildman–Crippen MR) is 74.7 cm³/mol. The van der Waals surface area contributed by atoms with Crippen LogP contribution in [0.3, 0.4) is 0 Å². The van der Waals surface area contributed by atoms with Gasteiger partial charge < -0.3 is 10.2 Å². The van der Waals surface area contributed by atoms with Crippen LogP contribution in [0.15, 0.2) is 12.3 Å². The number of hydrogen-bond acceptors (Lipinski definition) is 3. The average molecular weight is 300 g/mol. The lowest BCUT2D eigenvalue weighted by Gasteiger charge is -2.44. The summed E-state index contributed by atoms with van der Waals surface area (Å²) in [7, 11) is 0. The molecule has 0 aromatic carbocycles. The third-order valence-corrected chi connectivity index (χ3v) is 4.55. The molecule has 3 aliphatic heterocycles. The lowest BCUT2D eigenvalue weighted by atomic mass is 9.84. The molecular weight excluding hydrogens is 285 g/mol. The van der Waals surface area contributed by atoms with Crippen molar-refractivity contribution in [2.24, 2.45) is 5.92 Å². The molecule has 1 aromatic rings. The Bertz CT molecular complexity index is 501. The molecule has 0 aliphatic carbocycles. The van der Waals surface area contributed by atoms with E-state index in [1.807, 2.05) is 0 Å². The summed E-state index contributed by atoms with van der Waals surface area (Å²) in [5.74, 6) is 0.429. The number of halogens is 2. The minimum Gasteiger partial charge on any atom is -0.348 e. The Balaban J connectivity index is 1.73. The van der Waals surface area contributed by atoms with Gasteiger partial charge in [0.1, 0.15) is 5.15 Å². The van der Waals surface area contributed by atoms with Crippen LogP contribution in [0.4, 0.5) is 0 Å². The van der Waals surface area contributed by atoms with Crippen LogP contribution < -0.4 is 5.32 Å². The first-order chi connectivity index (χ1) is 9.13. The minimum atomic E-state index is -0.159. The van der Waals surface area contributed by atoms with Crippen molar-refractivity contribution in [2.45, 2.75) is 18.9 Å². The molecule has 1 N–H and O–H groups in total. The summed E-state index contributed by atoms with van der Waals surface area (Å²) >= 11 is 11.8. The second-order valence-corrected chi connectivity index (χ2v) is 6.00. The predicted octanol–water partition coefficient (Wildman–Crippen LogP) is 2.21. The van der Waals surface area contributed by atoms with Crippen LogP contribution in [-0.4, -0.2) is 41.5 Å². The molecule has 0 saturated carbocycles. The third kappa shape index (κ3) is 2.71. The van der Waals surface area contributed by atoms with E-state index in [9.17, 15) is 4.79 Å². The Kier molecular flexibility index (Phi) is 3.65. The van der Waals surface area contributed by atoms with E-state index in [4.69, 9.17) is 23.2 Å². The van der Waals surface area contributed by atoms with Crippen LogP contribution >= 0.6 is 23.2 Å². The lowest BCUT2D eigenvalue weighted by Crippen LogP contribution is -2.57. The number of hydrogen-bond donors (Lipinski definition) is 1. The van der Waals surface area contributed by atoms with E-state index in [2.05, 4.69) is 15.2 Å². The second-order valence-electron chi connectivity index (χ2n) is 5.20. The van der Waals surface area contributed by atoms with Gasteiger partial charge in [0.25, 0.3) is 5.91 Å². The fourth-order valence-electron chi connectivity index (χ4n) is 2.96. The molecule has 4 nitrogen and oxygen atoms in total. The molecule has 3 saturated heterocycles. The second kappa shape index (κ2) is 5.27. The first kappa shape index (κ1) is 13.2. The molecule has 3 fully saturated rings. The van der Waals surface area contributed by atoms with Crippen molar-refractivity contribution in [3.63, 3.8) is 0 Å². The molecule has 2 bridgehead atoms. The van der Waals surface area contributed by atoms with Crippen LogP contribution in [0.2, 0.25) is 10.2 Å². The smallest absolute Gasteiger partial charge is 0.253 e. The summed E-state index contributed by atoms with van der Waals surface area (Å²) in [6, 6.07) is 1.73. The molecule has 0 radical (unpaired) electrons. The Morgan fingerprint density at radius 3 is 2.74 bits per heavy atom. The Labute approximate surface area is 122 Å². The van der Waals surface area contributed by atoms with Crippen LogP contribution in [-0.2, 0) is 0 Å². The molecule has 1 unspecified atom stereocenters. The standard InChI is InChI=1S/C13H15Cl2N3O/c14-10-6-16-12(15)5-9(10)13(19)17-11-7-18-3-1-8(11)2-4-18/h5-6,8,11H,1-4,7H2,(H,17,19). The van der Waals surface area contributed by atoms with Gasteiger partial charge in [-0.1, -0.05) is 23.2 Å². The third-order valence-electron chi connectivity index (χ3n) is 4.04. The SMILES string of the molecule is O=C(NC1CN2CCC1CC2)c1cc(Cl)ncc1Cl. The minimum absolute atomic E-state index is 0.159. The molecule has 19 heavy (non-hydrogen) atoms. The molecular formula is C13H15Cl2N3O. The van der Waals surface area contributed by atoms with Gasteiger partial charge in [0.2, 0.25) is 0 Å². The number of piperidine rings is 3. The van der Waals surface area contributed by atoms with Crippen molar-refractivity contribution in [3.8, 4) is 0 Å². The summed E-state index contributed by atoms with van der Waals surface area (Å²) in [5.41, 5.74) is 0.401. The number of aromatic nitrogens is 1. The van der Waals surface area contributed by atoms with Gasteiger partial charge in [-0.25, -0.2) is 4.98 Å². The highest BCUT2D eigenvalue weighted by Gasteiger charge is 2.35. The van der Waals surface area contributed by atoms with Crippen molar-refractivity contribution >= 4 is 29.1 Å². The highest BCUT2D eigenvalue weighted by Crippen LogP contribution is 2.28. The van der Waals surface area contributed by atoms with Gasteiger partial charge in [0.15, 0.2) is 0 Å². The van der Waals surface area contributed by atoms with Crippen molar-refractivity contribution in [1.82, 2.24) is 15.2 Å². The molecule has 0 spiro atoms. The van der Waals surface area contributed by atoms with Crippen LogP contribution in [0.25, 0.3) is 0 Å². The summed E-state index contributed by atoms with van der Waals surface area (Å²) in [6.45, 7) is 3.24. The van der Waals surface area contributed by atoms with Gasteiger partial charge >= 0.3 is 0 Å². The van der Waals surface area contributed by atoms with Gasteiger partial charge in [-0.15, -0.1) is 0 Å². The molecule has 102 valence electrons. The molecule has 1 amide bonds. The maximum Gasteiger partial charge on any atom is 0.253 e. The largest absolute Gasteiger partial charge is 0.348 e. The van der Waals surface area contributed by atoms with Gasteiger partial charge in [-0.3, -0.25) is 4.79 Å². The normalized spacial score (nSPS) is 29.3. The summed E-state index contributed by atoms with van der Waals surface area (Å²) in [6.07, 6.45) is 3.74. The van der Waals surface area contributed by atoms with Gasteiger partial charge in [-0.05, 0) is 37.9 Å². The van der Waals surface area contributed by atoms with Crippen LogP contribution in [0.1, 0.15) is 23.2 Å². The molecule has 1 atom stereocenters. The Morgan fingerprint density at radius 2 is 2.11 bits per heavy atom. The fourth-order valence-corrected chi connectivity index (χ4v) is 3.31. The zero-order valence-corrected chi connectivity index (χ0v) is 11.9. The number of fused-ring (bicyclic) bond motifs is 3. The number of amides is 1. The summed E-state index contributed by atoms with van der Waals surface area (Å²) in [5, 5.41) is 3.70. The van der Waals surface area contributed by atoms with Crippen LogP contribution in [0, 0.1) is 5.92 Å². The van der Waals surface area contributed by atoms with E-state index >= 15 is 0 Å². The number of carbonyl (C=O) groups is 1. The van der Waals surface area contributed by atoms with E-state index < -0.39 is 0 Å². The highest BCUT2D eigenvalue weighted by atomic mass is 35.5. The monoisotopic (exact) mass is 299 g/mol. The molecule has 4 heterocycles. The molecule has 1 aromatic heterocycles. The quantitative estimate of drug-likeness (QED) is 0.852. The number of pyridine rings is 1. The van der Waals surface area contributed by atoms with Crippen LogP contribution in [0.5, 0.6) is 0 Å². The number of nitrogens with one attached hydrogen (secondary N) is 1.